The number of sulfone groups is 1. The largest absolute Gasteiger partial charge is 0.377 e. The van der Waals surface area contributed by atoms with Crippen molar-refractivity contribution in [2.24, 2.45) is 0 Å². The zero-order chi connectivity index (χ0) is 15.5. The molecule has 2 rings (SSSR count). The molecule has 0 spiro atoms. The molecule has 0 bridgehead atoms. The molecule has 1 heterocycles. The lowest BCUT2D eigenvalue weighted by molar-refractivity contribution is 0.0190. The van der Waals surface area contributed by atoms with Gasteiger partial charge in [0, 0.05) is 19.3 Å². The van der Waals surface area contributed by atoms with Gasteiger partial charge in [0.2, 0.25) is 0 Å². The highest BCUT2D eigenvalue weighted by atomic mass is 32.2. The van der Waals surface area contributed by atoms with E-state index in [0.717, 1.165) is 5.56 Å². The fourth-order valence-corrected chi connectivity index (χ4v) is 2.79. The molecule has 0 aliphatic carbocycles. The molecule has 0 unspecified atom stereocenters. The maximum atomic E-state index is 12.1. The molecule has 1 atom stereocenters. The maximum absolute atomic E-state index is 12.1. The van der Waals surface area contributed by atoms with Gasteiger partial charge in [0.25, 0.3) is 0 Å². The minimum Gasteiger partial charge on any atom is -0.377 e. The highest BCUT2D eigenvalue weighted by molar-refractivity contribution is 7.90. The summed E-state index contributed by atoms with van der Waals surface area (Å²) in [5.74, 6) is 0. The molecule has 1 aromatic carbocycles. The summed E-state index contributed by atoms with van der Waals surface area (Å²) in [4.78, 5) is 14.1. The number of urea groups is 1. The zero-order valence-corrected chi connectivity index (χ0v) is 13.0. The molecule has 1 N–H and O–H groups in total. The van der Waals surface area contributed by atoms with Crippen LogP contribution in [0.4, 0.5) is 4.79 Å². The fourth-order valence-electron chi connectivity index (χ4n) is 2.16. The number of morpholine rings is 1. The van der Waals surface area contributed by atoms with Crippen LogP contribution in [0.15, 0.2) is 29.2 Å². The minimum atomic E-state index is -3.18. The lowest BCUT2D eigenvalue weighted by Crippen LogP contribution is -2.51. The molecule has 0 aromatic heterocycles. The molecule has 6 nitrogen and oxygen atoms in total. The number of hydrogen-bond donors (Lipinski definition) is 1. The van der Waals surface area contributed by atoms with E-state index in [9.17, 15) is 13.2 Å². The summed E-state index contributed by atoms with van der Waals surface area (Å²) in [6.45, 7) is 4.00. The summed E-state index contributed by atoms with van der Waals surface area (Å²) in [5, 5.41) is 2.84. The summed E-state index contributed by atoms with van der Waals surface area (Å²) in [5.41, 5.74) is 0.858. The number of carbonyl (C=O) groups excluding carboxylic acids is 1. The molecule has 1 aliphatic rings. The third kappa shape index (κ3) is 4.18. The van der Waals surface area contributed by atoms with Crippen molar-refractivity contribution in [3.8, 4) is 0 Å². The third-order valence-corrected chi connectivity index (χ3v) is 4.55. The second-order valence-electron chi connectivity index (χ2n) is 5.19. The summed E-state index contributed by atoms with van der Waals surface area (Å²) >= 11 is 0. The minimum absolute atomic E-state index is 0.0614. The summed E-state index contributed by atoms with van der Waals surface area (Å²) in [6, 6.07) is 6.45. The number of nitrogens with one attached hydrogen (secondary N) is 1. The first-order chi connectivity index (χ1) is 9.88. The van der Waals surface area contributed by atoms with E-state index < -0.39 is 9.84 Å². The Kier molecular flexibility index (Phi) is 4.84. The second kappa shape index (κ2) is 6.44. The molecular formula is C14H20N2O4S. The first-order valence-corrected chi connectivity index (χ1v) is 8.68. The van der Waals surface area contributed by atoms with Crippen LogP contribution in [0.2, 0.25) is 0 Å². The molecule has 1 fully saturated rings. The van der Waals surface area contributed by atoms with Crippen molar-refractivity contribution < 1.29 is 17.9 Å². The van der Waals surface area contributed by atoms with Crippen molar-refractivity contribution in [3.05, 3.63) is 29.8 Å². The molecular weight excluding hydrogens is 292 g/mol. The first kappa shape index (κ1) is 15.8. The number of nitrogens with zero attached hydrogens (tertiary/aromatic N) is 1. The van der Waals surface area contributed by atoms with E-state index in [1.165, 1.54) is 6.26 Å². The van der Waals surface area contributed by atoms with Gasteiger partial charge in [0.05, 0.1) is 24.2 Å². The fraction of sp³-hybridized carbons (Fsp3) is 0.500. The van der Waals surface area contributed by atoms with E-state index in [4.69, 9.17) is 4.74 Å². The van der Waals surface area contributed by atoms with Gasteiger partial charge in [-0.1, -0.05) is 12.1 Å². The predicted molar refractivity (Wildman–Crippen MR) is 78.8 cm³/mol. The molecule has 116 valence electrons. The molecule has 1 aliphatic heterocycles. The quantitative estimate of drug-likeness (QED) is 0.904. The Morgan fingerprint density at radius 3 is 2.62 bits per heavy atom. The van der Waals surface area contributed by atoms with E-state index in [1.807, 2.05) is 6.92 Å². The van der Waals surface area contributed by atoms with Gasteiger partial charge in [-0.25, -0.2) is 13.2 Å². The average molecular weight is 312 g/mol. The Bertz CT molecular complexity index is 598. The Hall–Kier alpha value is -1.60. The number of ether oxygens (including phenoxy) is 1. The van der Waals surface area contributed by atoms with Gasteiger partial charge in [-0.3, -0.25) is 0 Å². The van der Waals surface area contributed by atoms with E-state index >= 15 is 0 Å². The van der Waals surface area contributed by atoms with Gasteiger partial charge in [0.15, 0.2) is 9.84 Å². The van der Waals surface area contributed by atoms with Gasteiger partial charge in [-0.15, -0.1) is 0 Å². The van der Waals surface area contributed by atoms with Gasteiger partial charge >= 0.3 is 6.03 Å². The molecule has 1 aromatic rings. The Labute approximate surface area is 125 Å². The first-order valence-electron chi connectivity index (χ1n) is 6.79. The average Bonchev–Trinajstić information content (AvgIpc) is 2.45. The Morgan fingerprint density at radius 1 is 1.38 bits per heavy atom. The van der Waals surface area contributed by atoms with Crippen molar-refractivity contribution in [2.75, 3.05) is 26.0 Å². The SMILES string of the molecule is C[C@H]1COCCN1C(=O)NCc1ccc(S(C)(=O)=O)cc1. The molecule has 7 heteroatoms. The number of carbonyl (C=O) groups is 1. The van der Waals surface area contributed by atoms with Crippen molar-refractivity contribution in [1.82, 2.24) is 10.2 Å². The van der Waals surface area contributed by atoms with Crippen LogP contribution in [-0.4, -0.2) is 51.4 Å². The van der Waals surface area contributed by atoms with E-state index in [-0.39, 0.29) is 17.0 Å². The van der Waals surface area contributed by atoms with Gasteiger partial charge in [0.1, 0.15) is 0 Å². The van der Waals surface area contributed by atoms with Crippen LogP contribution in [0.25, 0.3) is 0 Å². The zero-order valence-electron chi connectivity index (χ0n) is 12.2. The van der Waals surface area contributed by atoms with Crippen LogP contribution in [0.3, 0.4) is 0 Å². The van der Waals surface area contributed by atoms with Crippen LogP contribution in [0.1, 0.15) is 12.5 Å². The topological polar surface area (TPSA) is 75.7 Å². The van der Waals surface area contributed by atoms with E-state index in [0.29, 0.717) is 26.3 Å². The van der Waals surface area contributed by atoms with Crippen LogP contribution in [0.5, 0.6) is 0 Å². The van der Waals surface area contributed by atoms with Crippen LogP contribution < -0.4 is 5.32 Å². The molecule has 21 heavy (non-hydrogen) atoms. The summed E-state index contributed by atoms with van der Waals surface area (Å²) in [6.07, 6.45) is 1.17. The number of hydrogen-bond acceptors (Lipinski definition) is 4. The van der Waals surface area contributed by atoms with Crippen LogP contribution in [-0.2, 0) is 21.1 Å². The lowest BCUT2D eigenvalue weighted by atomic mass is 10.2. The van der Waals surface area contributed by atoms with Crippen molar-refractivity contribution in [1.29, 1.82) is 0 Å². The normalized spacial score (nSPS) is 19.3. The number of benzene rings is 1. The van der Waals surface area contributed by atoms with Gasteiger partial charge in [-0.2, -0.15) is 0 Å². The highest BCUT2D eigenvalue weighted by Crippen LogP contribution is 2.11. The monoisotopic (exact) mass is 312 g/mol. The third-order valence-electron chi connectivity index (χ3n) is 3.42. The number of amides is 2. The van der Waals surface area contributed by atoms with Gasteiger partial charge in [-0.05, 0) is 24.6 Å². The lowest BCUT2D eigenvalue weighted by Gasteiger charge is -2.33. The van der Waals surface area contributed by atoms with Crippen molar-refractivity contribution >= 4 is 15.9 Å². The maximum Gasteiger partial charge on any atom is 0.318 e. The smallest absolute Gasteiger partial charge is 0.318 e. The van der Waals surface area contributed by atoms with Crippen LogP contribution in [0, 0.1) is 0 Å². The second-order valence-corrected chi connectivity index (χ2v) is 7.21. The van der Waals surface area contributed by atoms with Crippen LogP contribution >= 0.6 is 0 Å². The molecule has 0 radical (unpaired) electrons. The molecule has 2 amide bonds. The van der Waals surface area contributed by atoms with E-state index in [1.54, 1.807) is 29.2 Å². The molecule has 0 saturated carbocycles. The Morgan fingerprint density at radius 2 is 2.05 bits per heavy atom. The Balaban J connectivity index is 1.92. The standard InChI is InChI=1S/C14H20N2O4S/c1-11-10-20-8-7-16(11)14(17)15-9-12-3-5-13(6-4-12)21(2,18)19/h3-6,11H,7-10H2,1-2H3,(H,15,17)/t11-/m0/s1. The van der Waals surface area contributed by atoms with Gasteiger partial charge < -0.3 is 15.0 Å². The summed E-state index contributed by atoms with van der Waals surface area (Å²) in [7, 11) is -3.18. The molecule has 1 saturated heterocycles. The van der Waals surface area contributed by atoms with Crippen molar-refractivity contribution in [2.45, 2.75) is 24.4 Å². The summed E-state index contributed by atoms with van der Waals surface area (Å²) < 4.78 is 28.0. The number of rotatable bonds is 3. The predicted octanol–water partition coefficient (Wildman–Crippen LogP) is 1.02. The van der Waals surface area contributed by atoms with Crippen molar-refractivity contribution in [3.63, 3.8) is 0 Å². The van der Waals surface area contributed by atoms with E-state index in [2.05, 4.69) is 5.32 Å². The highest BCUT2D eigenvalue weighted by Gasteiger charge is 2.23.